The van der Waals surface area contributed by atoms with E-state index in [0.717, 1.165) is 109 Å². The molecule has 0 saturated carbocycles. The number of hydrogen-bond acceptors (Lipinski definition) is 10. The van der Waals surface area contributed by atoms with Gasteiger partial charge in [0.1, 0.15) is 24.4 Å². The highest BCUT2D eigenvalue weighted by atomic mass is 16.7. The molecular formula is C61H109NO10. The van der Waals surface area contributed by atoms with E-state index >= 15 is 0 Å². The number of aliphatic hydroxyl groups is 5. The number of allylic oxidation sites excluding steroid dienone is 9. The molecule has 1 saturated heterocycles. The molecular weight excluding hydrogens is 907 g/mol. The van der Waals surface area contributed by atoms with E-state index in [2.05, 4.69) is 74.7 Å². The molecule has 1 aliphatic heterocycles. The number of amides is 1. The molecule has 0 aromatic rings. The number of carbonyl (C=O) groups is 2. The fourth-order valence-corrected chi connectivity index (χ4v) is 8.91. The van der Waals surface area contributed by atoms with E-state index in [1.807, 2.05) is 6.08 Å². The van der Waals surface area contributed by atoms with E-state index in [-0.39, 0.29) is 19.4 Å². The van der Waals surface area contributed by atoms with Gasteiger partial charge in [0, 0.05) is 6.42 Å². The van der Waals surface area contributed by atoms with Crippen molar-refractivity contribution in [1.29, 1.82) is 0 Å². The Balaban J connectivity index is 2.73. The summed E-state index contributed by atoms with van der Waals surface area (Å²) in [5.41, 5.74) is 0. The molecule has 1 rings (SSSR count). The second kappa shape index (κ2) is 49.2. The third-order valence-corrected chi connectivity index (χ3v) is 13.7. The third-order valence-electron chi connectivity index (χ3n) is 13.7. The van der Waals surface area contributed by atoms with Crippen molar-refractivity contribution in [2.45, 2.75) is 301 Å². The SMILES string of the molecule is CCCCC/C=C\C/C=C\CCCCCCCCC(O)C(=O)NC(COC1OC(CO)C(O)C(O)C1OC(=O)CCCCCCCC/C=C/C=C/CCCCC)C(O)/C=C/CCCCCCCCCCCC. The van der Waals surface area contributed by atoms with Crippen LogP contribution < -0.4 is 5.32 Å². The number of esters is 1. The largest absolute Gasteiger partial charge is 0.454 e. The maximum Gasteiger partial charge on any atom is 0.306 e. The first-order chi connectivity index (χ1) is 35.2. The summed E-state index contributed by atoms with van der Waals surface area (Å²) in [4.78, 5) is 26.5. The van der Waals surface area contributed by atoms with Crippen molar-refractivity contribution in [2.75, 3.05) is 13.2 Å². The van der Waals surface area contributed by atoms with Gasteiger partial charge in [-0.1, -0.05) is 223 Å². The van der Waals surface area contributed by atoms with Gasteiger partial charge in [-0.2, -0.15) is 0 Å². The molecule has 6 N–H and O–H groups in total. The maximum absolute atomic E-state index is 13.4. The molecule has 11 nitrogen and oxygen atoms in total. The zero-order valence-corrected chi connectivity index (χ0v) is 46.0. The van der Waals surface area contributed by atoms with Crippen molar-refractivity contribution >= 4 is 11.9 Å². The predicted octanol–water partition coefficient (Wildman–Crippen LogP) is 13.4. The first kappa shape index (κ1) is 67.4. The topological polar surface area (TPSA) is 175 Å². The van der Waals surface area contributed by atoms with Gasteiger partial charge in [0.25, 0.3) is 0 Å². The minimum absolute atomic E-state index is 0.108. The molecule has 1 fully saturated rings. The van der Waals surface area contributed by atoms with Gasteiger partial charge in [-0.3, -0.25) is 9.59 Å². The van der Waals surface area contributed by atoms with Gasteiger partial charge in [-0.05, 0) is 83.5 Å². The molecule has 0 spiro atoms. The number of unbranched alkanes of at least 4 members (excludes halogenated alkanes) is 28. The minimum Gasteiger partial charge on any atom is -0.454 e. The van der Waals surface area contributed by atoms with Crippen LogP contribution in [0.15, 0.2) is 60.8 Å². The van der Waals surface area contributed by atoms with Crippen LogP contribution in [0.2, 0.25) is 0 Å². The Hall–Kier alpha value is -2.64. The van der Waals surface area contributed by atoms with E-state index in [1.54, 1.807) is 6.08 Å². The summed E-state index contributed by atoms with van der Waals surface area (Å²) in [5.74, 6) is -1.21. The zero-order chi connectivity index (χ0) is 52.5. The predicted molar refractivity (Wildman–Crippen MR) is 296 cm³/mol. The van der Waals surface area contributed by atoms with Gasteiger partial charge < -0.3 is 45.1 Å². The Morgan fingerprint density at radius 3 is 1.53 bits per heavy atom. The average Bonchev–Trinajstić information content (AvgIpc) is 3.38. The lowest BCUT2D eigenvalue weighted by molar-refractivity contribution is -0.305. The van der Waals surface area contributed by atoms with Crippen LogP contribution >= 0.6 is 0 Å². The fourth-order valence-electron chi connectivity index (χ4n) is 8.91. The average molecular weight is 1020 g/mol. The Labute approximate surface area is 439 Å². The second-order valence-corrected chi connectivity index (χ2v) is 20.4. The summed E-state index contributed by atoms with van der Waals surface area (Å²) in [6.07, 6.45) is 49.6. The van der Waals surface area contributed by atoms with E-state index in [1.165, 1.54) is 96.3 Å². The van der Waals surface area contributed by atoms with Crippen molar-refractivity contribution in [3.05, 3.63) is 60.8 Å². The fraction of sp³-hybridized carbons (Fsp3) is 0.803. The van der Waals surface area contributed by atoms with Crippen molar-refractivity contribution in [3.8, 4) is 0 Å². The lowest BCUT2D eigenvalue weighted by atomic mass is 9.99. The maximum atomic E-state index is 13.4. The smallest absolute Gasteiger partial charge is 0.306 e. The Morgan fingerprint density at radius 2 is 1.00 bits per heavy atom. The van der Waals surface area contributed by atoms with Gasteiger partial charge in [-0.15, -0.1) is 0 Å². The van der Waals surface area contributed by atoms with Crippen LogP contribution in [0.4, 0.5) is 0 Å². The van der Waals surface area contributed by atoms with Crippen molar-refractivity contribution in [3.63, 3.8) is 0 Å². The number of ether oxygens (including phenoxy) is 3. The molecule has 0 radical (unpaired) electrons. The third kappa shape index (κ3) is 37.1. The minimum atomic E-state index is -1.62. The van der Waals surface area contributed by atoms with Crippen LogP contribution in [-0.2, 0) is 23.8 Å². The summed E-state index contributed by atoms with van der Waals surface area (Å²) < 4.78 is 17.6. The van der Waals surface area contributed by atoms with Crippen LogP contribution in [0.25, 0.3) is 0 Å². The van der Waals surface area contributed by atoms with E-state index in [4.69, 9.17) is 14.2 Å². The number of carbonyl (C=O) groups excluding carboxylic acids is 2. The number of rotatable bonds is 49. The molecule has 1 heterocycles. The molecule has 1 aliphatic rings. The molecule has 0 aromatic carbocycles. The van der Waals surface area contributed by atoms with Crippen LogP contribution in [0.5, 0.6) is 0 Å². The number of hydrogen-bond donors (Lipinski definition) is 6. The highest BCUT2D eigenvalue weighted by Crippen LogP contribution is 2.26. The normalized spacial score (nSPS) is 19.9. The lowest BCUT2D eigenvalue weighted by Crippen LogP contribution is -2.61. The van der Waals surface area contributed by atoms with Gasteiger partial charge >= 0.3 is 5.97 Å². The second-order valence-electron chi connectivity index (χ2n) is 20.4. The Kier molecular flexibility index (Phi) is 46.1. The first-order valence-corrected chi connectivity index (χ1v) is 29.6. The van der Waals surface area contributed by atoms with E-state index in [9.17, 15) is 35.1 Å². The van der Waals surface area contributed by atoms with Gasteiger partial charge in [-0.25, -0.2) is 0 Å². The van der Waals surface area contributed by atoms with Crippen LogP contribution in [0.1, 0.15) is 252 Å². The molecule has 8 unspecified atom stereocenters. The first-order valence-electron chi connectivity index (χ1n) is 29.6. The monoisotopic (exact) mass is 1020 g/mol. The Bertz CT molecular complexity index is 1400. The van der Waals surface area contributed by atoms with E-state index in [0.29, 0.717) is 12.8 Å². The quantitative estimate of drug-likeness (QED) is 0.0149. The van der Waals surface area contributed by atoms with Gasteiger partial charge in [0.15, 0.2) is 12.4 Å². The van der Waals surface area contributed by atoms with Crippen molar-refractivity contribution in [1.82, 2.24) is 5.32 Å². The Morgan fingerprint density at radius 1 is 0.556 bits per heavy atom. The van der Waals surface area contributed by atoms with Crippen LogP contribution in [0, 0.1) is 0 Å². The number of nitrogens with one attached hydrogen (secondary N) is 1. The zero-order valence-electron chi connectivity index (χ0n) is 46.0. The van der Waals surface area contributed by atoms with Crippen LogP contribution in [-0.4, -0.2) is 99.6 Å². The lowest BCUT2D eigenvalue weighted by Gasteiger charge is -2.41. The molecule has 1 amide bonds. The molecule has 0 aliphatic carbocycles. The summed E-state index contributed by atoms with van der Waals surface area (Å²) in [6.45, 7) is 5.71. The molecule has 72 heavy (non-hydrogen) atoms. The van der Waals surface area contributed by atoms with Crippen molar-refractivity contribution in [2.24, 2.45) is 0 Å². The molecule has 11 heteroatoms. The standard InChI is InChI=1S/C61H109NO10/c1-4-7-10-13-16-19-22-25-27-29-30-33-36-39-42-45-48-54(65)60(69)62-52(53(64)47-44-41-38-35-32-24-21-18-15-12-9-6-3)51-70-61-59(58(68)57(67)55(50-63)71-61)72-56(66)49-46-43-40-37-34-31-28-26-23-20-17-14-11-8-5-2/h16-17,19-20,23,25-27,44,47,52-55,57-59,61,63-65,67-68H,4-15,18,21-22,24,28-43,45-46,48-51H2,1-3H3,(H,62,69)/b19-16-,20-17+,26-23+,27-25-,47-44+. The molecule has 418 valence electrons. The highest BCUT2D eigenvalue weighted by Gasteiger charge is 2.47. The summed E-state index contributed by atoms with van der Waals surface area (Å²) in [6, 6.07) is -1.03. The summed E-state index contributed by atoms with van der Waals surface area (Å²) >= 11 is 0. The molecule has 0 aromatic heterocycles. The van der Waals surface area contributed by atoms with Gasteiger partial charge in [0.2, 0.25) is 5.91 Å². The van der Waals surface area contributed by atoms with Crippen molar-refractivity contribution < 1.29 is 49.3 Å². The summed E-state index contributed by atoms with van der Waals surface area (Å²) in [7, 11) is 0. The summed E-state index contributed by atoms with van der Waals surface area (Å²) in [5, 5.41) is 56.8. The number of aliphatic hydroxyl groups excluding tert-OH is 5. The highest BCUT2D eigenvalue weighted by molar-refractivity contribution is 5.80. The van der Waals surface area contributed by atoms with E-state index < -0.39 is 67.4 Å². The van der Waals surface area contributed by atoms with Crippen LogP contribution in [0.3, 0.4) is 0 Å². The molecule has 8 atom stereocenters. The molecule has 0 bridgehead atoms. The van der Waals surface area contributed by atoms with Gasteiger partial charge in [0.05, 0.1) is 25.4 Å².